The molecule has 0 spiro atoms. The third-order valence-corrected chi connectivity index (χ3v) is 3.09. The second kappa shape index (κ2) is 8.67. The normalized spacial score (nSPS) is 12.2. The van der Waals surface area contributed by atoms with Crippen molar-refractivity contribution in [3.63, 3.8) is 0 Å². The summed E-state index contributed by atoms with van der Waals surface area (Å²) in [6.07, 6.45) is 1.71. The highest BCUT2D eigenvalue weighted by Crippen LogP contribution is 2.09. The summed E-state index contributed by atoms with van der Waals surface area (Å²) in [5.41, 5.74) is 2.40. The summed E-state index contributed by atoms with van der Waals surface area (Å²) in [6, 6.07) is 7.96. The summed E-state index contributed by atoms with van der Waals surface area (Å²) >= 11 is 0. The Kier molecular flexibility index (Phi) is 7.15. The van der Waals surface area contributed by atoms with E-state index in [1.807, 2.05) is 31.2 Å². The molecule has 1 aromatic rings. The SMILES string of the molecule is COCC(CCO)NC(=O)CCc1ccccc1C. The molecule has 0 heterocycles. The highest BCUT2D eigenvalue weighted by molar-refractivity contribution is 5.76. The summed E-state index contributed by atoms with van der Waals surface area (Å²) in [4.78, 5) is 11.8. The predicted octanol–water partition coefficient (Wildman–Crippen LogP) is 1.44. The molecule has 0 aliphatic rings. The van der Waals surface area contributed by atoms with Crippen molar-refractivity contribution in [1.29, 1.82) is 0 Å². The summed E-state index contributed by atoms with van der Waals surface area (Å²) in [7, 11) is 1.59. The number of benzene rings is 1. The van der Waals surface area contributed by atoms with Crippen LogP contribution < -0.4 is 5.32 Å². The van der Waals surface area contributed by atoms with Gasteiger partial charge in [0.25, 0.3) is 0 Å². The molecule has 19 heavy (non-hydrogen) atoms. The van der Waals surface area contributed by atoms with E-state index < -0.39 is 0 Å². The number of hydrogen-bond donors (Lipinski definition) is 2. The molecule has 0 bridgehead atoms. The van der Waals surface area contributed by atoms with Crippen LogP contribution in [0, 0.1) is 6.92 Å². The molecule has 1 aromatic carbocycles. The van der Waals surface area contributed by atoms with E-state index in [1.54, 1.807) is 7.11 Å². The minimum Gasteiger partial charge on any atom is -0.396 e. The van der Waals surface area contributed by atoms with Crippen molar-refractivity contribution in [3.8, 4) is 0 Å². The van der Waals surface area contributed by atoms with Gasteiger partial charge in [0.2, 0.25) is 5.91 Å². The molecule has 0 aliphatic heterocycles. The van der Waals surface area contributed by atoms with Gasteiger partial charge in [-0.15, -0.1) is 0 Å². The van der Waals surface area contributed by atoms with E-state index in [0.717, 1.165) is 6.42 Å². The van der Waals surface area contributed by atoms with Gasteiger partial charge in [0.05, 0.1) is 12.6 Å². The fourth-order valence-electron chi connectivity index (χ4n) is 1.99. The van der Waals surface area contributed by atoms with E-state index in [0.29, 0.717) is 19.4 Å². The van der Waals surface area contributed by atoms with E-state index in [-0.39, 0.29) is 18.6 Å². The van der Waals surface area contributed by atoms with Crippen LogP contribution in [0.5, 0.6) is 0 Å². The first kappa shape index (κ1) is 15.7. The number of carbonyl (C=O) groups is 1. The second-order valence-electron chi connectivity index (χ2n) is 4.66. The van der Waals surface area contributed by atoms with E-state index >= 15 is 0 Å². The molecule has 0 saturated carbocycles. The quantitative estimate of drug-likeness (QED) is 0.748. The maximum absolute atomic E-state index is 11.8. The number of aliphatic hydroxyl groups is 1. The van der Waals surface area contributed by atoms with Gasteiger partial charge in [0.1, 0.15) is 0 Å². The predicted molar refractivity (Wildman–Crippen MR) is 75.0 cm³/mol. The first-order valence-electron chi connectivity index (χ1n) is 6.61. The Morgan fingerprint density at radius 1 is 1.42 bits per heavy atom. The number of aliphatic hydroxyl groups excluding tert-OH is 1. The molecule has 1 unspecified atom stereocenters. The molecule has 0 fully saturated rings. The van der Waals surface area contributed by atoms with Crippen LogP contribution in [0.1, 0.15) is 24.0 Å². The third-order valence-electron chi connectivity index (χ3n) is 3.09. The first-order valence-corrected chi connectivity index (χ1v) is 6.61. The van der Waals surface area contributed by atoms with Crippen LogP contribution in [0.3, 0.4) is 0 Å². The minimum atomic E-state index is -0.112. The van der Waals surface area contributed by atoms with Crippen LogP contribution in [0.4, 0.5) is 0 Å². The molecule has 1 atom stereocenters. The Bertz CT molecular complexity index is 387. The van der Waals surface area contributed by atoms with Crippen LogP contribution in [0.2, 0.25) is 0 Å². The number of hydrogen-bond acceptors (Lipinski definition) is 3. The van der Waals surface area contributed by atoms with Crippen molar-refractivity contribution in [3.05, 3.63) is 35.4 Å². The zero-order valence-electron chi connectivity index (χ0n) is 11.7. The molecule has 1 amide bonds. The largest absolute Gasteiger partial charge is 0.396 e. The Morgan fingerprint density at radius 3 is 2.79 bits per heavy atom. The van der Waals surface area contributed by atoms with Crippen molar-refractivity contribution < 1.29 is 14.6 Å². The topological polar surface area (TPSA) is 58.6 Å². The van der Waals surface area contributed by atoms with Gasteiger partial charge in [-0.1, -0.05) is 24.3 Å². The molecule has 0 aliphatic carbocycles. The molecule has 0 radical (unpaired) electrons. The standard InChI is InChI=1S/C15H23NO3/c1-12-5-3-4-6-13(12)7-8-15(18)16-14(9-10-17)11-19-2/h3-6,14,17H,7-11H2,1-2H3,(H,16,18). The minimum absolute atomic E-state index is 0.00115. The Morgan fingerprint density at radius 2 is 2.16 bits per heavy atom. The molecule has 2 N–H and O–H groups in total. The molecule has 0 aromatic heterocycles. The van der Waals surface area contributed by atoms with E-state index in [9.17, 15) is 4.79 Å². The van der Waals surface area contributed by atoms with Gasteiger partial charge in [0, 0.05) is 20.1 Å². The fraction of sp³-hybridized carbons (Fsp3) is 0.533. The Hall–Kier alpha value is -1.39. The second-order valence-corrected chi connectivity index (χ2v) is 4.66. The zero-order valence-corrected chi connectivity index (χ0v) is 11.7. The Balaban J connectivity index is 2.40. The van der Waals surface area contributed by atoms with Crippen LogP contribution in [-0.2, 0) is 16.0 Å². The average Bonchev–Trinajstić information content (AvgIpc) is 2.38. The van der Waals surface area contributed by atoms with Crippen LogP contribution >= 0.6 is 0 Å². The van der Waals surface area contributed by atoms with E-state index in [2.05, 4.69) is 5.32 Å². The van der Waals surface area contributed by atoms with Gasteiger partial charge in [-0.05, 0) is 30.9 Å². The lowest BCUT2D eigenvalue weighted by Crippen LogP contribution is -2.38. The van der Waals surface area contributed by atoms with Crippen molar-refractivity contribution in [1.82, 2.24) is 5.32 Å². The molecular formula is C15H23NO3. The smallest absolute Gasteiger partial charge is 0.220 e. The van der Waals surface area contributed by atoms with Crippen LogP contribution in [-0.4, -0.2) is 37.4 Å². The summed E-state index contributed by atoms with van der Waals surface area (Å²) in [5, 5.41) is 11.8. The first-order chi connectivity index (χ1) is 9.17. The number of nitrogens with one attached hydrogen (secondary N) is 1. The molecular weight excluding hydrogens is 242 g/mol. The molecule has 0 saturated heterocycles. The van der Waals surface area contributed by atoms with Gasteiger partial charge in [0.15, 0.2) is 0 Å². The lowest BCUT2D eigenvalue weighted by Gasteiger charge is -2.17. The van der Waals surface area contributed by atoms with Gasteiger partial charge >= 0.3 is 0 Å². The fourth-order valence-corrected chi connectivity index (χ4v) is 1.99. The van der Waals surface area contributed by atoms with E-state index in [1.165, 1.54) is 11.1 Å². The lowest BCUT2D eigenvalue weighted by atomic mass is 10.0. The van der Waals surface area contributed by atoms with Gasteiger partial charge in [-0.3, -0.25) is 4.79 Å². The van der Waals surface area contributed by atoms with Crippen molar-refractivity contribution in [2.75, 3.05) is 20.3 Å². The third kappa shape index (κ3) is 5.85. The lowest BCUT2D eigenvalue weighted by molar-refractivity contribution is -0.122. The summed E-state index contributed by atoms with van der Waals surface area (Å²) < 4.78 is 5.01. The van der Waals surface area contributed by atoms with Gasteiger partial charge in [-0.2, -0.15) is 0 Å². The summed E-state index contributed by atoms with van der Waals surface area (Å²) in [5.74, 6) is -0.00115. The van der Waals surface area contributed by atoms with Crippen molar-refractivity contribution >= 4 is 5.91 Å². The number of ether oxygens (including phenoxy) is 1. The van der Waals surface area contributed by atoms with Gasteiger partial charge in [-0.25, -0.2) is 0 Å². The molecule has 4 heteroatoms. The zero-order chi connectivity index (χ0) is 14.1. The number of rotatable bonds is 8. The number of amides is 1. The maximum Gasteiger partial charge on any atom is 0.220 e. The van der Waals surface area contributed by atoms with Crippen LogP contribution in [0.15, 0.2) is 24.3 Å². The number of methoxy groups -OCH3 is 1. The average molecular weight is 265 g/mol. The summed E-state index contributed by atoms with van der Waals surface area (Å²) in [6.45, 7) is 2.52. The number of carbonyl (C=O) groups excluding carboxylic acids is 1. The van der Waals surface area contributed by atoms with E-state index in [4.69, 9.17) is 9.84 Å². The Labute approximate surface area is 114 Å². The number of aryl methyl sites for hydroxylation is 2. The van der Waals surface area contributed by atoms with Crippen molar-refractivity contribution in [2.45, 2.75) is 32.2 Å². The maximum atomic E-state index is 11.8. The van der Waals surface area contributed by atoms with Gasteiger partial charge < -0.3 is 15.2 Å². The monoisotopic (exact) mass is 265 g/mol. The van der Waals surface area contributed by atoms with Crippen molar-refractivity contribution in [2.24, 2.45) is 0 Å². The van der Waals surface area contributed by atoms with Crippen LogP contribution in [0.25, 0.3) is 0 Å². The molecule has 106 valence electrons. The molecule has 1 rings (SSSR count). The highest BCUT2D eigenvalue weighted by Gasteiger charge is 2.11. The molecule has 4 nitrogen and oxygen atoms in total. The highest BCUT2D eigenvalue weighted by atomic mass is 16.5.